The quantitative estimate of drug-likeness (QED) is 0.711. The van der Waals surface area contributed by atoms with Crippen molar-refractivity contribution < 1.29 is 0 Å². The molecule has 0 saturated heterocycles. The fourth-order valence-electron chi connectivity index (χ4n) is 3.44. The highest BCUT2D eigenvalue weighted by Crippen LogP contribution is 2.43. The molecule has 2 nitrogen and oxygen atoms in total. The van der Waals surface area contributed by atoms with Gasteiger partial charge < -0.3 is 4.90 Å². The van der Waals surface area contributed by atoms with Crippen LogP contribution in [0.2, 0.25) is 0 Å². The molecule has 1 aromatic carbocycles. The highest BCUT2D eigenvalue weighted by molar-refractivity contribution is 5.87. The summed E-state index contributed by atoms with van der Waals surface area (Å²) in [6.45, 7) is 8.19. The van der Waals surface area contributed by atoms with E-state index in [4.69, 9.17) is 0 Å². The zero-order valence-corrected chi connectivity index (χ0v) is 12.7. The van der Waals surface area contributed by atoms with Crippen LogP contribution in [0.25, 0.3) is 5.57 Å². The molecule has 0 spiro atoms. The lowest BCUT2D eigenvalue weighted by atomic mass is 9.87. The summed E-state index contributed by atoms with van der Waals surface area (Å²) in [5.41, 5.74) is 6.25. The predicted molar refractivity (Wildman–Crippen MR) is 89.9 cm³/mol. The first-order chi connectivity index (χ1) is 10.2. The van der Waals surface area contributed by atoms with Gasteiger partial charge in [0.25, 0.3) is 0 Å². The van der Waals surface area contributed by atoms with Gasteiger partial charge in [-0.05, 0) is 49.1 Å². The summed E-state index contributed by atoms with van der Waals surface area (Å²) < 4.78 is 0. The Morgan fingerprint density at radius 3 is 2.48 bits per heavy atom. The van der Waals surface area contributed by atoms with Crippen molar-refractivity contribution in [2.75, 3.05) is 7.05 Å². The first kappa shape index (κ1) is 13.9. The van der Waals surface area contributed by atoms with Crippen LogP contribution in [0.15, 0.2) is 64.6 Å². The lowest BCUT2D eigenvalue weighted by Gasteiger charge is -2.33. The fraction of sp³-hybridized carbons (Fsp3) is 0.316. The van der Waals surface area contributed by atoms with Crippen LogP contribution in [0.1, 0.15) is 37.7 Å². The number of nitrogens with zero attached hydrogens (tertiary/aromatic N) is 2. The van der Waals surface area contributed by atoms with E-state index in [1.54, 1.807) is 0 Å². The molecular weight excluding hydrogens is 256 g/mol. The van der Waals surface area contributed by atoms with Crippen LogP contribution >= 0.6 is 0 Å². The lowest BCUT2D eigenvalue weighted by Crippen LogP contribution is -2.24. The van der Waals surface area contributed by atoms with Gasteiger partial charge in [0.15, 0.2) is 0 Å². The Labute approximate surface area is 127 Å². The van der Waals surface area contributed by atoms with Crippen molar-refractivity contribution in [1.29, 1.82) is 0 Å². The molecule has 21 heavy (non-hydrogen) atoms. The van der Waals surface area contributed by atoms with Crippen molar-refractivity contribution in [2.24, 2.45) is 4.99 Å². The van der Waals surface area contributed by atoms with Crippen LogP contribution in [0.3, 0.4) is 0 Å². The number of rotatable bonds is 2. The van der Waals surface area contributed by atoms with Gasteiger partial charge in [0.2, 0.25) is 0 Å². The van der Waals surface area contributed by atoms with E-state index in [2.05, 4.69) is 54.5 Å². The van der Waals surface area contributed by atoms with Crippen molar-refractivity contribution in [1.82, 2.24) is 4.90 Å². The van der Waals surface area contributed by atoms with Crippen LogP contribution in [0, 0.1) is 0 Å². The van der Waals surface area contributed by atoms with Gasteiger partial charge in [0.1, 0.15) is 5.82 Å². The third-order valence-corrected chi connectivity index (χ3v) is 4.51. The van der Waals surface area contributed by atoms with E-state index in [-0.39, 0.29) is 0 Å². The van der Waals surface area contributed by atoms with E-state index in [0.29, 0.717) is 0 Å². The first-order valence-electron chi connectivity index (χ1n) is 7.66. The number of allylic oxidation sites excluding steroid dienone is 4. The lowest BCUT2D eigenvalue weighted by molar-refractivity contribution is 0.478. The number of aliphatic imine (C=N–C) groups is 1. The molecular formula is C19H22N2. The summed E-state index contributed by atoms with van der Waals surface area (Å²) in [6, 6.07) is 10.4. The first-order valence-corrected chi connectivity index (χ1v) is 7.66. The van der Waals surface area contributed by atoms with E-state index in [1.807, 2.05) is 6.07 Å². The number of benzene rings is 1. The maximum absolute atomic E-state index is 4.40. The summed E-state index contributed by atoms with van der Waals surface area (Å²) in [5.74, 6) is 0.937. The molecule has 0 fully saturated rings. The van der Waals surface area contributed by atoms with Gasteiger partial charge in [-0.3, -0.25) is 0 Å². The molecule has 1 aliphatic heterocycles. The average molecular weight is 278 g/mol. The van der Waals surface area contributed by atoms with Crippen molar-refractivity contribution in [3.8, 4) is 0 Å². The smallest absolute Gasteiger partial charge is 0.140 e. The Kier molecular flexibility index (Phi) is 3.78. The molecule has 1 heterocycles. The molecule has 0 bridgehead atoms. The Bertz CT molecular complexity index is 635. The minimum Gasteiger partial charge on any atom is -0.332 e. The molecule has 0 N–H and O–H groups in total. The van der Waals surface area contributed by atoms with Crippen LogP contribution in [-0.4, -0.2) is 18.7 Å². The predicted octanol–water partition coefficient (Wildman–Crippen LogP) is 4.78. The van der Waals surface area contributed by atoms with Crippen LogP contribution in [0.4, 0.5) is 0 Å². The van der Waals surface area contributed by atoms with Crippen LogP contribution in [-0.2, 0) is 0 Å². The molecule has 0 aromatic heterocycles. The molecule has 2 aliphatic rings. The largest absolute Gasteiger partial charge is 0.332 e. The number of hydrogen-bond donors (Lipinski definition) is 0. The number of hydrogen-bond acceptors (Lipinski definition) is 2. The second-order valence-corrected chi connectivity index (χ2v) is 5.75. The van der Waals surface area contributed by atoms with E-state index in [0.717, 1.165) is 29.8 Å². The molecule has 108 valence electrons. The monoisotopic (exact) mass is 278 g/mol. The SMILES string of the molecule is C=NC1=C(c2ccccc2)C(=C)C2=C(CCCCC2)N1C. The highest BCUT2D eigenvalue weighted by Gasteiger charge is 2.28. The molecule has 1 aromatic rings. The minimum absolute atomic E-state index is 0.937. The zero-order valence-electron chi connectivity index (χ0n) is 12.7. The standard InChI is InChI=1S/C19H22N2/c1-14-16-12-8-5-9-13-17(16)21(3)19(20-2)18(14)15-10-6-4-7-11-15/h4,6-7,10-11H,1-2,5,8-9,12-13H2,3H3. The van der Waals surface area contributed by atoms with Crippen molar-refractivity contribution >= 4 is 12.3 Å². The topological polar surface area (TPSA) is 15.6 Å². The average Bonchev–Trinajstić information content (AvgIpc) is 2.77. The maximum Gasteiger partial charge on any atom is 0.140 e. The Morgan fingerprint density at radius 1 is 1.05 bits per heavy atom. The molecule has 0 amide bonds. The van der Waals surface area contributed by atoms with E-state index >= 15 is 0 Å². The van der Waals surface area contributed by atoms with Gasteiger partial charge in [-0.2, -0.15) is 0 Å². The van der Waals surface area contributed by atoms with Crippen molar-refractivity contribution in [3.05, 3.63) is 65.1 Å². The van der Waals surface area contributed by atoms with E-state index < -0.39 is 0 Å². The molecule has 1 aliphatic carbocycles. The summed E-state index contributed by atoms with van der Waals surface area (Å²) in [7, 11) is 2.11. The zero-order chi connectivity index (χ0) is 14.8. The van der Waals surface area contributed by atoms with Gasteiger partial charge in [0, 0.05) is 18.3 Å². The van der Waals surface area contributed by atoms with Crippen LogP contribution < -0.4 is 0 Å². The summed E-state index contributed by atoms with van der Waals surface area (Å²) in [5, 5.41) is 0. The Balaban J connectivity index is 2.14. The molecule has 2 heteroatoms. The van der Waals surface area contributed by atoms with E-state index in [1.165, 1.54) is 36.1 Å². The molecule has 0 atom stereocenters. The van der Waals surface area contributed by atoms with Crippen molar-refractivity contribution in [2.45, 2.75) is 32.1 Å². The summed E-state index contributed by atoms with van der Waals surface area (Å²) >= 11 is 0. The normalized spacial score (nSPS) is 19.5. The Morgan fingerprint density at radius 2 is 1.76 bits per heavy atom. The van der Waals surface area contributed by atoms with Gasteiger partial charge in [-0.25, -0.2) is 4.99 Å². The molecule has 0 unspecified atom stereocenters. The van der Waals surface area contributed by atoms with E-state index in [9.17, 15) is 0 Å². The molecule has 0 saturated carbocycles. The molecule has 3 rings (SSSR count). The summed E-state index contributed by atoms with van der Waals surface area (Å²) in [4.78, 5) is 6.55. The third-order valence-electron chi connectivity index (χ3n) is 4.51. The third kappa shape index (κ3) is 2.35. The minimum atomic E-state index is 0.937. The molecule has 0 radical (unpaired) electrons. The van der Waals surface area contributed by atoms with Gasteiger partial charge in [0.05, 0.1) is 0 Å². The second-order valence-electron chi connectivity index (χ2n) is 5.75. The fourth-order valence-corrected chi connectivity index (χ4v) is 3.44. The van der Waals surface area contributed by atoms with Crippen molar-refractivity contribution in [3.63, 3.8) is 0 Å². The second kappa shape index (κ2) is 5.72. The highest BCUT2D eigenvalue weighted by atomic mass is 15.2. The van der Waals surface area contributed by atoms with Gasteiger partial charge in [-0.1, -0.05) is 43.3 Å². The maximum atomic E-state index is 4.40. The Hall–Kier alpha value is -2.09. The summed E-state index contributed by atoms with van der Waals surface area (Å²) in [6.07, 6.45) is 6.04. The van der Waals surface area contributed by atoms with Gasteiger partial charge >= 0.3 is 0 Å². The van der Waals surface area contributed by atoms with Gasteiger partial charge in [-0.15, -0.1) is 0 Å². The van der Waals surface area contributed by atoms with Crippen LogP contribution in [0.5, 0.6) is 0 Å².